The topological polar surface area (TPSA) is 69.6 Å². The van der Waals surface area contributed by atoms with Crippen LogP contribution in [-0.4, -0.2) is 46.7 Å². The van der Waals surface area contributed by atoms with Crippen molar-refractivity contribution in [2.45, 2.75) is 13.0 Å². The summed E-state index contributed by atoms with van der Waals surface area (Å²) in [6, 6.07) is 9.13. The van der Waals surface area contributed by atoms with Gasteiger partial charge < -0.3 is 14.9 Å². The predicted octanol–water partition coefficient (Wildman–Crippen LogP) is 1.89. The molecule has 0 unspecified atom stereocenters. The van der Waals surface area contributed by atoms with Crippen LogP contribution in [0.15, 0.2) is 42.7 Å². The Kier molecular flexibility index (Phi) is 3.91. The molecule has 2 heterocycles. The molecule has 114 valence electrons. The van der Waals surface area contributed by atoms with Crippen molar-refractivity contribution in [2.75, 3.05) is 29.4 Å². The lowest BCUT2D eigenvalue weighted by Gasteiger charge is -2.41. The molecule has 2 aromatic rings. The van der Waals surface area contributed by atoms with E-state index in [0.29, 0.717) is 5.56 Å². The second kappa shape index (κ2) is 6.01. The molecule has 0 bridgehead atoms. The summed E-state index contributed by atoms with van der Waals surface area (Å²) in [6.45, 7) is 4.69. The average Bonchev–Trinajstić information content (AvgIpc) is 2.55. The van der Waals surface area contributed by atoms with Gasteiger partial charge in [0.05, 0.1) is 5.56 Å². The minimum atomic E-state index is -0.897. The van der Waals surface area contributed by atoms with Crippen molar-refractivity contribution in [3.8, 4) is 0 Å². The quantitative estimate of drug-likeness (QED) is 0.933. The predicted molar refractivity (Wildman–Crippen MR) is 84.5 cm³/mol. The van der Waals surface area contributed by atoms with Gasteiger partial charge in [-0.2, -0.15) is 0 Å². The minimum absolute atomic E-state index is 0.287. The van der Waals surface area contributed by atoms with E-state index < -0.39 is 5.97 Å². The number of aromatic carboxylic acids is 1. The van der Waals surface area contributed by atoms with Gasteiger partial charge in [0.2, 0.25) is 5.95 Å². The van der Waals surface area contributed by atoms with E-state index in [0.717, 1.165) is 31.3 Å². The lowest BCUT2D eigenvalue weighted by Crippen LogP contribution is -2.52. The van der Waals surface area contributed by atoms with Crippen molar-refractivity contribution >= 4 is 17.6 Å². The van der Waals surface area contributed by atoms with Gasteiger partial charge in [0.25, 0.3) is 0 Å². The molecule has 0 amide bonds. The van der Waals surface area contributed by atoms with Crippen LogP contribution in [-0.2, 0) is 0 Å². The zero-order valence-electron chi connectivity index (χ0n) is 12.4. The Morgan fingerprint density at radius 1 is 1.18 bits per heavy atom. The number of carboxylic acid groups (broad SMARTS) is 1. The third-order valence-corrected chi connectivity index (χ3v) is 3.92. The Morgan fingerprint density at radius 3 is 2.45 bits per heavy atom. The fourth-order valence-corrected chi connectivity index (χ4v) is 2.74. The second-order valence-electron chi connectivity index (χ2n) is 5.39. The molecule has 1 saturated heterocycles. The first-order valence-electron chi connectivity index (χ1n) is 7.27. The van der Waals surface area contributed by atoms with Gasteiger partial charge in [-0.3, -0.25) is 0 Å². The van der Waals surface area contributed by atoms with Crippen molar-refractivity contribution in [2.24, 2.45) is 0 Å². The summed E-state index contributed by atoms with van der Waals surface area (Å²) in [7, 11) is 0. The van der Waals surface area contributed by atoms with E-state index in [2.05, 4.69) is 26.7 Å². The van der Waals surface area contributed by atoms with E-state index in [-0.39, 0.29) is 6.04 Å². The fraction of sp³-hybridized carbons (Fsp3) is 0.312. The van der Waals surface area contributed by atoms with Crippen LogP contribution in [0.2, 0.25) is 0 Å². The first-order valence-corrected chi connectivity index (χ1v) is 7.27. The maximum atomic E-state index is 10.9. The van der Waals surface area contributed by atoms with Gasteiger partial charge >= 0.3 is 5.97 Å². The Labute approximate surface area is 129 Å². The summed E-state index contributed by atoms with van der Waals surface area (Å²) in [6.07, 6.45) is 3.51. The number of carbonyl (C=O) groups is 1. The van der Waals surface area contributed by atoms with Crippen molar-refractivity contribution in [1.29, 1.82) is 0 Å². The maximum Gasteiger partial charge on any atom is 0.335 e. The molecule has 1 aromatic heterocycles. The van der Waals surface area contributed by atoms with Crippen LogP contribution in [0.25, 0.3) is 0 Å². The summed E-state index contributed by atoms with van der Waals surface area (Å²) in [5.41, 5.74) is 1.36. The highest BCUT2D eigenvalue weighted by Crippen LogP contribution is 2.22. The minimum Gasteiger partial charge on any atom is -0.478 e. The van der Waals surface area contributed by atoms with Gasteiger partial charge in [-0.1, -0.05) is 0 Å². The lowest BCUT2D eigenvalue weighted by molar-refractivity contribution is 0.0697. The van der Waals surface area contributed by atoms with E-state index in [9.17, 15) is 4.79 Å². The van der Waals surface area contributed by atoms with Gasteiger partial charge in [0.1, 0.15) is 0 Å². The molecule has 1 aromatic carbocycles. The Hall–Kier alpha value is -2.63. The molecule has 1 N–H and O–H groups in total. The highest BCUT2D eigenvalue weighted by molar-refractivity contribution is 5.88. The highest BCUT2D eigenvalue weighted by atomic mass is 16.4. The maximum absolute atomic E-state index is 10.9. The van der Waals surface area contributed by atoms with Gasteiger partial charge in [-0.05, 0) is 37.3 Å². The number of anilines is 2. The molecule has 1 fully saturated rings. The van der Waals surface area contributed by atoms with Crippen LogP contribution < -0.4 is 9.80 Å². The van der Waals surface area contributed by atoms with Crippen LogP contribution >= 0.6 is 0 Å². The molecule has 0 aliphatic carbocycles. The summed E-state index contributed by atoms with van der Waals surface area (Å²) in [5, 5.41) is 8.95. The smallest absolute Gasteiger partial charge is 0.335 e. The molecule has 22 heavy (non-hydrogen) atoms. The van der Waals surface area contributed by atoms with E-state index in [1.54, 1.807) is 24.5 Å². The molecule has 0 saturated carbocycles. The van der Waals surface area contributed by atoms with Crippen molar-refractivity contribution in [3.05, 3.63) is 48.3 Å². The van der Waals surface area contributed by atoms with Gasteiger partial charge in [-0.25, -0.2) is 14.8 Å². The third-order valence-electron chi connectivity index (χ3n) is 3.92. The number of piperazine rings is 1. The number of aromatic nitrogens is 2. The molecular weight excluding hydrogens is 280 g/mol. The molecule has 0 spiro atoms. The molecule has 6 nitrogen and oxygen atoms in total. The van der Waals surface area contributed by atoms with E-state index in [1.165, 1.54) is 0 Å². The molecule has 1 aliphatic heterocycles. The van der Waals surface area contributed by atoms with Crippen LogP contribution in [0.4, 0.5) is 11.6 Å². The van der Waals surface area contributed by atoms with Crippen LogP contribution in [0.5, 0.6) is 0 Å². The molecule has 0 radical (unpaired) electrons. The zero-order chi connectivity index (χ0) is 15.5. The standard InChI is InChI=1S/C16H18N4O2/c1-12-11-19(14-5-3-13(4-6-14)15(21)22)9-10-20(12)16-17-7-2-8-18-16/h2-8,12H,9-11H2,1H3,(H,21,22)/t12-/m0/s1. The Morgan fingerprint density at radius 2 is 1.86 bits per heavy atom. The van der Waals surface area contributed by atoms with E-state index >= 15 is 0 Å². The first-order chi connectivity index (χ1) is 10.6. The number of hydrogen-bond donors (Lipinski definition) is 1. The molecule has 6 heteroatoms. The SMILES string of the molecule is C[C@H]1CN(c2ccc(C(=O)O)cc2)CCN1c1ncccn1. The van der Waals surface area contributed by atoms with Crippen LogP contribution in [0.1, 0.15) is 17.3 Å². The lowest BCUT2D eigenvalue weighted by atomic mass is 10.1. The summed E-state index contributed by atoms with van der Waals surface area (Å²) in [5.74, 6) is -0.137. The molecule has 1 aliphatic rings. The summed E-state index contributed by atoms with van der Waals surface area (Å²) >= 11 is 0. The summed E-state index contributed by atoms with van der Waals surface area (Å²) in [4.78, 5) is 24.0. The molecular formula is C16H18N4O2. The Bertz CT molecular complexity index is 645. The second-order valence-corrected chi connectivity index (χ2v) is 5.39. The van der Waals surface area contributed by atoms with Crippen LogP contribution in [0, 0.1) is 0 Å². The van der Waals surface area contributed by atoms with Crippen LogP contribution in [0.3, 0.4) is 0 Å². The zero-order valence-corrected chi connectivity index (χ0v) is 12.4. The molecule has 1 atom stereocenters. The van der Waals surface area contributed by atoms with Gasteiger partial charge in [0.15, 0.2) is 0 Å². The van der Waals surface area contributed by atoms with E-state index in [1.807, 2.05) is 18.2 Å². The number of benzene rings is 1. The largest absolute Gasteiger partial charge is 0.478 e. The van der Waals surface area contributed by atoms with Gasteiger partial charge in [-0.15, -0.1) is 0 Å². The first kappa shape index (κ1) is 14.3. The van der Waals surface area contributed by atoms with Crippen molar-refractivity contribution in [3.63, 3.8) is 0 Å². The summed E-state index contributed by atoms with van der Waals surface area (Å²) < 4.78 is 0. The number of rotatable bonds is 3. The van der Waals surface area contributed by atoms with E-state index in [4.69, 9.17) is 5.11 Å². The number of nitrogens with zero attached hydrogens (tertiary/aromatic N) is 4. The monoisotopic (exact) mass is 298 g/mol. The Balaban J connectivity index is 1.71. The molecule has 3 rings (SSSR count). The average molecular weight is 298 g/mol. The fourth-order valence-electron chi connectivity index (χ4n) is 2.74. The van der Waals surface area contributed by atoms with Crippen molar-refractivity contribution in [1.82, 2.24) is 9.97 Å². The third kappa shape index (κ3) is 2.86. The van der Waals surface area contributed by atoms with Gasteiger partial charge in [0, 0.05) is 43.8 Å². The van der Waals surface area contributed by atoms with Crippen molar-refractivity contribution < 1.29 is 9.90 Å². The highest BCUT2D eigenvalue weighted by Gasteiger charge is 2.25. The number of carboxylic acids is 1. The normalized spacial score (nSPS) is 18.3. The number of hydrogen-bond acceptors (Lipinski definition) is 5.